The summed E-state index contributed by atoms with van der Waals surface area (Å²) in [5, 5.41) is 18.0. The van der Waals surface area contributed by atoms with Crippen molar-refractivity contribution in [3.05, 3.63) is 60.2 Å². The second-order valence-electron chi connectivity index (χ2n) is 5.81. The van der Waals surface area contributed by atoms with E-state index in [1.54, 1.807) is 0 Å². The van der Waals surface area contributed by atoms with Crippen molar-refractivity contribution in [3.8, 4) is 0 Å². The topological polar surface area (TPSA) is 55.6 Å². The van der Waals surface area contributed by atoms with Crippen molar-refractivity contribution in [1.82, 2.24) is 9.91 Å². The van der Waals surface area contributed by atoms with Crippen LogP contribution in [0.4, 0.5) is 11.4 Å². The lowest BCUT2D eigenvalue weighted by Gasteiger charge is -2.09. The summed E-state index contributed by atoms with van der Waals surface area (Å²) in [7, 11) is 3.86. The van der Waals surface area contributed by atoms with E-state index in [0.29, 0.717) is 5.96 Å². The summed E-state index contributed by atoms with van der Waals surface area (Å²) >= 11 is 0. The molecular formula is C18H22N6. The van der Waals surface area contributed by atoms with E-state index < -0.39 is 0 Å². The number of hydrogen-bond acceptors (Lipinski definition) is 6. The van der Waals surface area contributed by atoms with Gasteiger partial charge in [0.1, 0.15) is 6.67 Å². The highest BCUT2D eigenvalue weighted by atomic mass is 15.6. The van der Waals surface area contributed by atoms with Gasteiger partial charge in [0.15, 0.2) is 0 Å². The minimum Gasteiger partial charge on any atom is -0.385 e. The molecule has 6 nitrogen and oxygen atoms in total. The van der Waals surface area contributed by atoms with Gasteiger partial charge in [-0.25, -0.2) is 0 Å². The number of anilines is 1. The fourth-order valence-corrected chi connectivity index (χ4v) is 2.47. The summed E-state index contributed by atoms with van der Waals surface area (Å²) in [5.41, 5.74) is 3.23. The van der Waals surface area contributed by atoms with Gasteiger partial charge in [-0.1, -0.05) is 30.3 Å². The first-order chi connectivity index (χ1) is 11.7. The Balaban J connectivity index is 1.51. The zero-order chi connectivity index (χ0) is 16.8. The lowest BCUT2D eigenvalue weighted by atomic mass is 10.1. The molecule has 0 unspecified atom stereocenters. The molecule has 0 amide bonds. The Morgan fingerprint density at radius 1 is 1.00 bits per heavy atom. The Bertz CT molecular complexity index is 708. The van der Waals surface area contributed by atoms with Crippen LogP contribution in [0.3, 0.4) is 0 Å². The minimum absolute atomic E-state index is 0.627. The van der Waals surface area contributed by atoms with Gasteiger partial charge < -0.3 is 10.2 Å². The van der Waals surface area contributed by atoms with E-state index in [0.717, 1.165) is 31.0 Å². The van der Waals surface area contributed by atoms with Crippen LogP contribution in [0.25, 0.3) is 0 Å². The molecule has 1 N–H and O–H groups in total. The van der Waals surface area contributed by atoms with Gasteiger partial charge >= 0.3 is 0 Å². The Labute approximate surface area is 142 Å². The number of hydrogen-bond donors (Lipinski definition) is 1. The van der Waals surface area contributed by atoms with Crippen molar-refractivity contribution in [2.75, 3.05) is 32.6 Å². The number of rotatable bonds is 5. The smallest absolute Gasteiger partial charge is 0.263 e. The molecule has 0 radical (unpaired) electrons. The predicted molar refractivity (Wildman–Crippen MR) is 97.4 cm³/mol. The quantitative estimate of drug-likeness (QED) is 0.857. The monoisotopic (exact) mass is 322 g/mol. The van der Waals surface area contributed by atoms with Gasteiger partial charge in [0, 0.05) is 26.3 Å². The van der Waals surface area contributed by atoms with E-state index >= 15 is 0 Å². The molecule has 0 atom stereocenters. The van der Waals surface area contributed by atoms with Crippen molar-refractivity contribution in [2.24, 2.45) is 15.3 Å². The molecule has 2 aromatic rings. The summed E-state index contributed by atoms with van der Waals surface area (Å²) in [6.07, 6.45) is 1.00. The Hall–Kier alpha value is -2.89. The van der Waals surface area contributed by atoms with Gasteiger partial charge in [0.2, 0.25) is 0 Å². The van der Waals surface area contributed by atoms with Crippen LogP contribution in [0.2, 0.25) is 0 Å². The average molecular weight is 322 g/mol. The van der Waals surface area contributed by atoms with Crippen LogP contribution in [-0.2, 0) is 6.42 Å². The molecule has 2 aromatic carbocycles. The molecule has 0 aliphatic carbocycles. The van der Waals surface area contributed by atoms with Gasteiger partial charge in [-0.05, 0) is 36.2 Å². The van der Waals surface area contributed by atoms with E-state index in [-0.39, 0.29) is 0 Å². The van der Waals surface area contributed by atoms with Gasteiger partial charge in [-0.15, -0.1) is 15.3 Å². The number of benzene rings is 2. The zero-order valence-corrected chi connectivity index (χ0v) is 14.1. The van der Waals surface area contributed by atoms with E-state index in [9.17, 15) is 0 Å². The molecule has 0 fully saturated rings. The largest absolute Gasteiger partial charge is 0.385 e. The summed E-state index contributed by atoms with van der Waals surface area (Å²) < 4.78 is 0. The van der Waals surface area contributed by atoms with Crippen LogP contribution >= 0.6 is 0 Å². The first-order valence-electron chi connectivity index (χ1n) is 8.01. The van der Waals surface area contributed by atoms with Crippen molar-refractivity contribution >= 4 is 17.3 Å². The molecule has 1 aliphatic heterocycles. The summed E-state index contributed by atoms with van der Waals surface area (Å²) in [4.78, 5) is 1.95. The molecule has 3 rings (SSSR count). The average Bonchev–Trinajstić information content (AvgIpc) is 2.93. The van der Waals surface area contributed by atoms with Crippen LogP contribution in [0.5, 0.6) is 0 Å². The third-order valence-electron chi connectivity index (χ3n) is 3.73. The van der Waals surface area contributed by atoms with Gasteiger partial charge in [-0.3, -0.25) is 5.01 Å². The molecule has 6 heteroatoms. The zero-order valence-electron chi connectivity index (χ0n) is 14.1. The lowest BCUT2D eigenvalue weighted by molar-refractivity contribution is 0.302. The highest BCUT2D eigenvalue weighted by Crippen LogP contribution is 2.17. The van der Waals surface area contributed by atoms with Crippen LogP contribution in [-0.4, -0.2) is 43.2 Å². The maximum Gasteiger partial charge on any atom is 0.263 e. The molecule has 0 bridgehead atoms. The van der Waals surface area contributed by atoms with Crippen LogP contribution in [0.1, 0.15) is 5.56 Å². The molecule has 0 spiro atoms. The van der Waals surface area contributed by atoms with Gasteiger partial charge in [0.25, 0.3) is 5.96 Å². The standard InChI is InChI=1S/C18H22N6/c1-23-14-24(2)22-18(23)21-20-17-10-8-16(9-11-17)19-13-12-15-6-4-3-5-7-15/h3-11,19H,12-14H2,1-2H3. The van der Waals surface area contributed by atoms with Crippen molar-refractivity contribution < 1.29 is 0 Å². The third kappa shape index (κ3) is 4.32. The fraction of sp³-hybridized carbons (Fsp3) is 0.278. The van der Waals surface area contributed by atoms with E-state index in [2.05, 4.69) is 44.9 Å². The van der Waals surface area contributed by atoms with Crippen molar-refractivity contribution in [3.63, 3.8) is 0 Å². The number of nitrogens with one attached hydrogen (secondary N) is 1. The molecule has 0 saturated carbocycles. The minimum atomic E-state index is 0.627. The van der Waals surface area contributed by atoms with Crippen molar-refractivity contribution in [2.45, 2.75) is 6.42 Å². The summed E-state index contributed by atoms with van der Waals surface area (Å²) in [6, 6.07) is 18.4. The van der Waals surface area contributed by atoms with Gasteiger partial charge in [0.05, 0.1) is 5.69 Å². The SMILES string of the molecule is CN1CN(C)C(N=Nc2ccc(NCCc3ccccc3)cc2)=N1. The highest BCUT2D eigenvalue weighted by Gasteiger charge is 2.15. The molecule has 1 heterocycles. The van der Waals surface area contributed by atoms with Crippen LogP contribution in [0.15, 0.2) is 69.9 Å². The second-order valence-corrected chi connectivity index (χ2v) is 5.81. The third-order valence-corrected chi connectivity index (χ3v) is 3.73. The first kappa shape index (κ1) is 16.0. The van der Waals surface area contributed by atoms with E-state index in [4.69, 9.17) is 0 Å². The maximum atomic E-state index is 4.27. The van der Waals surface area contributed by atoms with Crippen molar-refractivity contribution in [1.29, 1.82) is 0 Å². The lowest BCUT2D eigenvalue weighted by Crippen LogP contribution is -2.23. The molecule has 124 valence electrons. The van der Waals surface area contributed by atoms with Gasteiger partial charge in [-0.2, -0.15) is 0 Å². The fourth-order valence-electron chi connectivity index (χ4n) is 2.47. The molecule has 1 aliphatic rings. The van der Waals surface area contributed by atoms with E-state index in [1.807, 2.05) is 54.3 Å². The molecule has 0 saturated heterocycles. The maximum absolute atomic E-state index is 4.27. The molecular weight excluding hydrogens is 300 g/mol. The number of azo groups is 1. The summed E-state index contributed by atoms with van der Waals surface area (Å²) in [6.45, 7) is 1.64. The normalized spacial score (nSPS) is 14.3. The number of guanidine groups is 1. The highest BCUT2D eigenvalue weighted by molar-refractivity contribution is 5.81. The summed E-state index contributed by atoms with van der Waals surface area (Å²) in [5.74, 6) is 0.627. The molecule has 24 heavy (non-hydrogen) atoms. The first-order valence-corrected chi connectivity index (χ1v) is 8.01. The Kier molecular flexibility index (Phi) is 5.05. The number of nitrogens with zero attached hydrogens (tertiary/aromatic N) is 5. The Morgan fingerprint density at radius 2 is 1.75 bits per heavy atom. The van der Waals surface area contributed by atoms with Crippen LogP contribution in [0, 0.1) is 0 Å². The van der Waals surface area contributed by atoms with E-state index in [1.165, 1.54) is 5.56 Å². The van der Waals surface area contributed by atoms with Crippen LogP contribution < -0.4 is 5.32 Å². The molecule has 0 aromatic heterocycles. The number of hydrazone groups is 1. The Morgan fingerprint density at radius 3 is 2.42 bits per heavy atom. The second kappa shape index (κ2) is 7.59. The predicted octanol–water partition coefficient (Wildman–Crippen LogP) is 3.53.